The van der Waals surface area contributed by atoms with Crippen LogP contribution >= 0.6 is 0 Å². The predicted octanol–water partition coefficient (Wildman–Crippen LogP) is 13.8. The molecule has 0 bridgehead atoms. The van der Waals surface area contributed by atoms with Gasteiger partial charge in [-0.2, -0.15) is 0 Å². The van der Waals surface area contributed by atoms with Gasteiger partial charge in [0.2, 0.25) is 5.95 Å². The lowest BCUT2D eigenvalue weighted by molar-refractivity contribution is 0.670. The Morgan fingerprint density at radius 2 is 1.02 bits per heavy atom. The van der Waals surface area contributed by atoms with Gasteiger partial charge in [0.15, 0.2) is 0 Å². The third kappa shape index (κ3) is 4.99. The molecule has 0 aliphatic heterocycles. The topological polar surface area (TPSA) is 43.9 Å². The molecule has 0 unspecified atom stereocenters. The summed E-state index contributed by atoms with van der Waals surface area (Å²) in [5, 5.41) is 9.25. The molecule has 0 spiro atoms. The van der Waals surface area contributed by atoms with Gasteiger partial charge in [0.25, 0.3) is 0 Å². The number of furan rings is 1. The maximum absolute atomic E-state index is 6.79. The summed E-state index contributed by atoms with van der Waals surface area (Å²) >= 11 is 0. The highest BCUT2D eigenvalue weighted by Gasteiger charge is 2.23. The molecule has 0 aliphatic carbocycles. The van der Waals surface area contributed by atoms with Crippen LogP contribution in [-0.4, -0.2) is 14.5 Å². The lowest BCUT2D eigenvalue weighted by Crippen LogP contribution is -2.04. The summed E-state index contributed by atoms with van der Waals surface area (Å²) in [5.41, 5.74) is 9.72. The summed E-state index contributed by atoms with van der Waals surface area (Å²) in [5.74, 6) is 0.616. The van der Waals surface area contributed by atoms with E-state index in [0.29, 0.717) is 5.95 Å². The molecule has 3 heterocycles. The van der Waals surface area contributed by atoms with Crippen LogP contribution in [-0.2, 0) is 0 Å². The van der Waals surface area contributed by atoms with Gasteiger partial charge in [-0.1, -0.05) is 166 Å². The number of hydrogen-bond donors (Lipinski definition) is 0. The first kappa shape index (κ1) is 31.7. The molecule has 3 aromatic heterocycles. The van der Waals surface area contributed by atoms with E-state index in [2.05, 4.69) is 168 Å². The zero-order valence-electron chi connectivity index (χ0n) is 30.0. The van der Waals surface area contributed by atoms with E-state index in [4.69, 9.17) is 14.4 Å². The normalized spacial score (nSPS) is 11.5. The predicted molar refractivity (Wildman–Crippen MR) is 226 cm³/mol. The van der Waals surface area contributed by atoms with Crippen LogP contribution in [0.3, 0.4) is 0 Å². The van der Waals surface area contributed by atoms with Crippen LogP contribution in [0.15, 0.2) is 180 Å². The lowest BCUT2D eigenvalue weighted by Gasteiger charge is -2.14. The Labute approximate surface area is 312 Å². The van der Waals surface area contributed by atoms with E-state index in [0.717, 1.165) is 82.8 Å². The molecule has 0 saturated heterocycles. The van der Waals surface area contributed by atoms with Crippen molar-refractivity contribution in [2.75, 3.05) is 0 Å². The number of aromatic nitrogens is 3. The van der Waals surface area contributed by atoms with E-state index in [1.165, 1.54) is 16.2 Å². The van der Waals surface area contributed by atoms with Gasteiger partial charge in [0, 0.05) is 43.8 Å². The fourth-order valence-corrected chi connectivity index (χ4v) is 8.00. The summed E-state index contributed by atoms with van der Waals surface area (Å²) in [6.07, 6.45) is 0. The summed E-state index contributed by atoms with van der Waals surface area (Å²) in [4.78, 5) is 10.7. The monoisotopic (exact) mass is 693 g/mol. The van der Waals surface area contributed by atoms with Crippen molar-refractivity contribution < 1.29 is 4.42 Å². The van der Waals surface area contributed by atoms with Gasteiger partial charge in [-0.25, -0.2) is 9.97 Å². The molecule has 11 aromatic rings. The van der Waals surface area contributed by atoms with Crippen LogP contribution in [0.25, 0.3) is 105 Å². The summed E-state index contributed by atoms with van der Waals surface area (Å²) in [7, 11) is 0. The third-order valence-corrected chi connectivity index (χ3v) is 10.4. The molecule has 0 amide bonds. The first-order chi connectivity index (χ1) is 26.8. The molecular weight excluding hydrogens is 659 g/mol. The Morgan fingerprint density at radius 1 is 0.444 bits per heavy atom. The second-order valence-electron chi connectivity index (χ2n) is 13.4. The summed E-state index contributed by atoms with van der Waals surface area (Å²) in [6.45, 7) is 4.00. The number of nitrogens with zero attached hydrogens (tertiary/aromatic N) is 3. The third-order valence-electron chi connectivity index (χ3n) is 10.4. The van der Waals surface area contributed by atoms with Crippen molar-refractivity contribution in [3.05, 3.63) is 176 Å². The van der Waals surface area contributed by atoms with Crippen molar-refractivity contribution in [2.24, 2.45) is 0 Å². The Bertz CT molecular complexity index is 3120. The molecular formula is C50H35N3O. The number of rotatable bonds is 4. The molecule has 0 radical (unpaired) electrons. The van der Waals surface area contributed by atoms with E-state index in [9.17, 15) is 0 Å². The van der Waals surface area contributed by atoms with Crippen molar-refractivity contribution in [3.8, 4) is 39.6 Å². The van der Waals surface area contributed by atoms with Gasteiger partial charge < -0.3 is 4.42 Å². The van der Waals surface area contributed by atoms with Crippen molar-refractivity contribution in [2.45, 2.75) is 13.8 Å². The van der Waals surface area contributed by atoms with Gasteiger partial charge in [0.1, 0.15) is 11.2 Å². The zero-order valence-corrected chi connectivity index (χ0v) is 30.0. The van der Waals surface area contributed by atoms with Crippen molar-refractivity contribution in [3.63, 3.8) is 0 Å². The van der Waals surface area contributed by atoms with Gasteiger partial charge in [-0.15, -0.1) is 0 Å². The molecule has 0 N–H and O–H groups in total. The maximum atomic E-state index is 6.79. The molecule has 11 rings (SSSR count). The summed E-state index contributed by atoms with van der Waals surface area (Å²) in [6, 6.07) is 61.8. The maximum Gasteiger partial charge on any atom is 0.235 e. The minimum Gasteiger partial charge on any atom is -0.455 e. The number of fused-ring (bicyclic) bond motifs is 9. The molecule has 0 aliphatic rings. The lowest BCUT2D eigenvalue weighted by atomic mass is 9.98. The quantitative estimate of drug-likeness (QED) is 0.184. The van der Waals surface area contributed by atoms with Crippen LogP contribution in [0.5, 0.6) is 0 Å². The molecule has 4 nitrogen and oxygen atoms in total. The number of hydrogen-bond acceptors (Lipinski definition) is 3. The van der Waals surface area contributed by atoms with E-state index >= 15 is 0 Å². The van der Waals surface area contributed by atoms with Crippen LogP contribution in [0.4, 0.5) is 0 Å². The van der Waals surface area contributed by atoms with Crippen molar-refractivity contribution >= 4 is 65.3 Å². The fourth-order valence-electron chi connectivity index (χ4n) is 8.00. The van der Waals surface area contributed by atoms with Crippen LogP contribution in [0, 0.1) is 0 Å². The standard InChI is InChI=1S/C48H29N3O.C2H6/c1-3-14-31(15-4-1)41-29-42(32-16-5-2-6-17-32)50-48(49-41)51-43-28-34-19-8-7-18-33(34)27-40(43)37-22-11-21-36(46(37)51)38-23-12-24-39-45-35-20-10-9-13-30(35)25-26-44(45)52-47(38)39;1-2/h1-29H;1-2H3. The van der Waals surface area contributed by atoms with Crippen LogP contribution in [0.2, 0.25) is 0 Å². The Kier molecular flexibility index (Phi) is 7.55. The Hall–Kier alpha value is -7.04. The average molecular weight is 694 g/mol. The number of para-hydroxylation sites is 2. The van der Waals surface area contributed by atoms with Gasteiger partial charge in [0.05, 0.1) is 22.4 Å². The SMILES string of the molecule is CC.c1ccc(-c2cc(-c3ccccc3)nc(-n3c4cc5ccccc5cc4c4cccc(-c5cccc6c5oc5ccc7ccccc7c56)c43)n2)cc1. The Balaban J connectivity index is 0.00000178. The van der Waals surface area contributed by atoms with Crippen LogP contribution < -0.4 is 0 Å². The van der Waals surface area contributed by atoms with Gasteiger partial charge >= 0.3 is 0 Å². The molecule has 4 heteroatoms. The second-order valence-corrected chi connectivity index (χ2v) is 13.4. The minimum atomic E-state index is 0.616. The Morgan fingerprint density at radius 3 is 1.72 bits per heavy atom. The molecule has 0 fully saturated rings. The zero-order chi connectivity index (χ0) is 36.2. The van der Waals surface area contributed by atoms with Crippen molar-refractivity contribution in [1.29, 1.82) is 0 Å². The number of benzene rings is 8. The molecule has 0 saturated carbocycles. The van der Waals surface area contributed by atoms with E-state index in [-0.39, 0.29) is 0 Å². The highest BCUT2D eigenvalue weighted by atomic mass is 16.3. The highest BCUT2D eigenvalue weighted by molar-refractivity contribution is 6.23. The average Bonchev–Trinajstić information content (AvgIpc) is 3.80. The van der Waals surface area contributed by atoms with Gasteiger partial charge in [-0.05, 0) is 45.8 Å². The van der Waals surface area contributed by atoms with Crippen molar-refractivity contribution in [1.82, 2.24) is 14.5 Å². The first-order valence-corrected chi connectivity index (χ1v) is 18.6. The smallest absolute Gasteiger partial charge is 0.235 e. The molecule has 0 atom stereocenters. The molecule has 256 valence electrons. The summed E-state index contributed by atoms with van der Waals surface area (Å²) < 4.78 is 9.06. The molecule has 54 heavy (non-hydrogen) atoms. The highest BCUT2D eigenvalue weighted by Crippen LogP contribution is 2.44. The largest absolute Gasteiger partial charge is 0.455 e. The molecule has 8 aromatic carbocycles. The van der Waals surface area contributed by atoms with E-state index in [1.807, 2.05) is 26.0 Å². The van der Waals surface area contributed by atoms with Crippen LogP contribution in [0.1, 0.15) is 13.8 Å². The second kappa shape index (κ2) is 12.9. The fraction of sp³-hybridized carbons (Fsp3) is 0.0400. The van der Waals surface area contributed by atoms with E-state index in [1.54, 1.807) is 0 Å². The van der Waals surface area contributed by atoms with E-state index < -0.39 is 0 Å². The van der Waals surface area contributed by atoms with Gasteiger partial charge in [-0.3, -0.25) is 4.57 Å². The minimum absolute atomic E-state index is 0.616. The first-order valence-electron chi connectivity index (χ1n) is 18.6.